The summed E-state index contributed by atoms with van der Waals surface area (Å²) in [6.45, 7) is 0. The normalized spacial score (nSPS) is 12.9. The molecule has 0 aliphatic heterocycles. The van der Waals surface area contributed by atoms with Gasteiger partial charge in [-0.15, -0.1) is 9.35 Å². The first-order chi connectivity index (χ1) is 6.58. The van der Waals surface area contributed by atoms with E-state index in [4.69, 9.17) is 0 Å². The fourth-order valence-electron chi connectivity index (χ4n) is 0.378. The van der Waals surface area contributed by atoms with Gasteiger partial charge >= 0.3 is 16.1 Å². The molecule has 9 nitrogen and oxygen atoms in total. The monoisotopic (exact) mass is 251 g/mol. The summed E-state index contributed by atoms with van der Waals surface area (Å²) >= 11 is 0. The Morgan fingerprint density at radius 3 is 1.86 bits per heavy atom. The third-order valence-corrected chi connectivity index (χ3v) is 2.90. The fourth-order valence-corrected chi connectivity index (χ4v) is 1.87. The lowest BCUT2D eigenvalue weighted by Crippen LogP contribution is -1.96. The van der Waals surface area contributed by atoms with Gasteiger partial charge in [-0.2, -0.15) is 4.89 Å². The standard InChI is InChI=1S/C3H9O9P2/c1-6-9-13(4)12-14(5,10-7-2)11-8-3/h1-3H3/q+1. The Balaban J connectivity index is 4.21. The number of phosphoric acid groups is 1. The van der Waals surface area contributed by atoms with Gasteiger partial charge in [-0.1, -0.05) is 0 Å². The highest BCUT2D eigenvalue weighted by Crippen LogP contribution is 2.56. The maximum absolute atomic E-state index is 11.3. The molecule has 11 heteroatoms. The molecule has 84 valence electrons. The van der Waals surface area contributed by atoms with Gasteiger partial charge in [0.15, 0.2) is 0 Å². The van der Waals surface area contributed by atoms with E-state index >= 15 is 0 Å². The molecule has 0 amide bonds. The Labute approximate surface area is 80.5 Å². The molecule has 0 radical (unpaired) electrons. The summed E-state index contributed by atoms with van der Waals surface area (Å²) in [5.74, 6) is 0. The predicted octanol–water partition coefficient (Wildman–Crippen LogP) is 1.50. The van der Waals surface area contributed by atoms with Crippen LogP contribution in [0.4, 0.5) is 0 Å². The molecule has 0 aromatic carbocycles. The molecule has 0 saturated carbocycles. The Kier molecular flexibility index (Phi) is 7.38. The molecule has 0 rings (SSSR count). The van der Waals surface area contributed by atoms with E-state index in [1.807, 2.05) is 0 Å². The third kappa shape index (κ3) is 5.71. The zero-order valence-corrected chi connectivity index (χ0v) is 9.36. The van der Waals surface area contributed by atoms with Gasteiger partial charge in [-0.3, -0.25) is 0 Å². The molecule has 1 unspecified atom stereocenters. The predicted molar refractivity (Wildman–Crippen MR) is 40.6 cm³/mol. The van der Waals surface area contributed by atoms with Gasteiger partial charge in [0, 0.05) is 8.88 Å². The van der Waals surface area contributed by atoms with Gasteiger partial charge < -0.3 is 0 Å². The fraction of sp³-hybridized carbons (Fsp3) is 1.00. The van der Waals surface area contributed by atoms with Crippen LogP contribution >= 0.6 is 16.1 Å². The summed E-state index contributed by atoms with van der Waals surface area (Å²) in [7, 11) is -3.91. The number of hydrogen-bond donors (Lipinski definition) is 0. The van der Waals surface area contributed by atoms with Crippen LogP contribution in [0.15, 0.2) is 0 Å². The van der Waals surface area contributed by atoms with Crippen LogP contribution in [-0.4, -0.2) is 21.3 Å². The second-order valence-electron chi connectivity index (χ2n) is 1.48. The lowest BCUT2D eigenvalue weighted by molar-refractivity contribution is -0.255. The molecule has 0 aromatic rings. The molecule has 0 bridgehead atoms. The van der Waals surface area contributed by atoms with Gasteiger partial charge in [0.2, 0.25) is 0 Å². The lowest BCUT2D eigenvalue weighted by atomic mass is 11.8. The average Bonchev–Trinajstić information content (AvgIpc) is 2.04. The number of hydrogen-bond acceptors (Lipinski definition) is 9. The van der Waals surface area contributed by atoms with Crippen LogP contribution in [0, 0.1) is 0 Å². The minimum Gasteiger partial charge on any atom is -0.230 e. The van der Waals surface area contributed by atoms with Crippen LogP contribution in [0.1, 0.15) is 0 Å². The molecule has 0 saturated heterocycles. The van der Waals surface area contributed by atoms with Gasteiger partial charge in [0.05, 0.1) is 26.0 Å². The van der Waals surface area contributed by atoms with Crippen molar-refractivity contribution in [1.82, 2.24) is 0 Å². The molecule has 0 heterocycles. The molecule has 0 aliphatic rings. The molecular formula is C3H9O9P2+. The molecule has 0 aromatic heterocycles. The van der Waals surface area contributed by atoms with Crippen molar-refractivity contribution < 1.29 is 42.1 Å². The Morgan fingerprint density at radius 1 is 1.00 bits per heavy atom. The highest BCUT2D eigenvalue weighted by Gasteiger charge is 2.44. The van der Waals surface area contributed by atoms with Gasteiger partial charge in [-0.25, -0.2) is 14.3 Å². The van der Waals surface area contributed by atoms with Crippen molar-refractivity contribution >= 4 is 16.1 Å². The van der Waals surface area contributed by atoms with Crippen LogP contribution < -0.4 is 0 Å². The lowest BCUT2D eigenvalue weighted by Gasteiger charge is -2.05. The van der Waals surface area contributed by atoms with E-state index in [0.29, 0.717) is 0 Å². The van der Waals surface area contributed by atoms with Crippen LogP contribution in [0.25, 0.3) is 0 Å². The van der Waals surface area contributed by atoms with Crippen molar-refractivity contribution in [3.8, 4) is 0 Å². The van der Waals surface area contributed by atoms with Crippen molar-refractivity contribution in [1.29, 1.82) is 0 Å². The molecule has 14 heavy (non-hydrogen) atoms. The van der Waals surface area contributed by atoms with Crippen molar-refractivity contribution in [3.63, 3.8) is 0 Å². The average molecular weight is 251 g/mol. The van der Waals surface area contributed by atoms with Crippen LogP contribution in [0.2, 0.25) is 0 Å². The Morgan fingerprint density at radius 2 is 1.50 bits per heavy atom. The number of rotatable bonds is 8. The second-order valence-corrected chi connectivity index (χ2v) is 3.92. The van der Waals surface area contributed by atoms with E-state index in [9.17, 15) is 9.13 Å². The van der Waals surface area contributed by atoms with Gasteiger partial charge in [0.1, 0.15) is 0 Å². The first-order valence-corrected chi connectivity index (χ1v) is 5.56. The topological polar surface area (TPSA) is 98.8 Å². The Bertz CT molecular complexity index is 206. The summed E-state index contributed by atoms with van der Waals surface area (Å²) in [5.41, 5.74) is 0. The quantitative estimate of drug-likeness (QED) is 0.361. The first-order valence-electron chi connectivity index (χ1n) is 3.00. The molecule has 1 atom stereocenters. The van der Waals surface area contributed by atoms with Crippen molar-refractivity contribution in [3.05, 3.63) is 0 Å². The highest BCUT2D eigenvalue weighted by molar-refractivity contribution is 7.56. The van der Waals surface area contributed by atoms with E-state index < -0.39 is 16.1 Å². The van der Waals surface area contributed by atoms with Crippen LogP contribution in [0.5, 0.6) is 0 Å². The third-order valence-electron chi connectivity index (χ3n) is 0.634. The largest absolute Gasteiger partial charge is 0.739 e. The second kappa shape index (κ2) is 7.36. The van der Waals surface area contributed by atoms with Crippen LogP contribution in [0.3, 0.4) is 0 Å². The first kappa shape index (κ1) is 14.1. The van der Waals surface area contributed by atoms with E-state index in [0.717, 1.165) is 21.3 Å². The van der Waals surface area contributed by atoms with E-state index in [2.05, 4.69) is 33.0 Å². The van der Waals surface area contributed by atoms with Gasteiger partial charge in [-0.05, 0) is 0 Å². The molecule has 0 fully saturated rings. The Hall–Kier alpha value is 0.0500. The molecule has 0 aliphatic carbocycles. The summed E-state index contributed by atoms with van der Waals surface area (Å²) in [6.07, 6.45) is 0. The molecule has 0 spiro atoms. The minimum atomic E-state index is -4.24. The van der Waals surface area contributed by atoms with Crippen molar-refractivity contribution in [2.45, 2.75) is 0 Å². The highest BCUT2D eigenvalue weighted by atomic mass is 31.2. The SMILES string of the molecule is COO[P+](=O)OP(=O)(OOC)OOC. The van der Waals surface area contributed by atoms with Gasteiger partial charge in [0.25, 0.3) is 0 Å². The summed E-state index contributed by atoms with van der Waals surface area (Å²) < 4.78 is 38.3. The smallest absolute Gasteiger partial charge is 0.230 e. The molecule has 0 N–H and O–H groups in total. The van der Waals surface area contributed by atoms with Crippen molar-refractivity contribution in [2.75, 3.05) is 21.3 Å². The zero-order valence-electron chi connectivity index (χ0n) is 7.57. The maximum Gasteiger partial charge on any atom is 0.739 e. The van der Waals surface area contributed by atoms with Crippen molar-refractivity contribution in [2.24, 2.45) is 0 Å². The molecular weight excluding hydrogens is 242 g/mol. The van der Waals surface area contributed by atoms with Crippen LogP contribution in [-0.2, 0) is 42.1 Å². The van der Waals surface area contributed by atoms with E-state index in [-0.39, 0.29) is 0 Å². The maximum atomic E-state index is 11.3. The zero-order chi connectivity index (χ0) is 11.0. The van der Waals surface area contributed by atoms with E-state index in [1.54, 1.807) is 0 Å². The summed E-state index contributed by atoms with van der Waals surface area (Å²) in [4.78, 5) is 12.0. The minimum absolute atomic E-state index is 1.04. The summed E-state index contributed by atoms with van der Waals surface area (Å²) in [5, 5.41) is 0. The van der Waals surface area contributed by atoms with E-state index in [1.165, 1.54) is 0 Å². The summed E-state index contributed by atoms with van der Waals surface area (Å²) in [6, 6.07) is 0.